The lowest BCUT2D eigenvalue weighted by Crippen LogP contribution is -2.34. The summed E-state index contributed by atoms with van der Waals surface area (Å²) >= 11 is 0. The zero-order chi connectivity index (χ0) is 15.3. The van der Waals surface area contributed by atoms with Gasteiger partial charge in [0.15, 0.2) is 5.76 Å². The highest BCUT2D eigenvalue weighted by molar-refractivity contribution is 7.89. The quantitative estimate of drug-likeness (QED) is 0.805. The van der Waals surface area contributed by atoms with E-state index < -0.39 is 10.0 Å². The van der Waals surface area contributed by atoms with Crippen molar-refractivity contribution in [2.45, 2.75) is 39.0 Å². The molecular weight excluding hydrogens is 282 g/mol. The van der Waals surface area contributed by atoms with E-state index in [9.17, 15) is 13.2 Å². The highest BCUT2D eigenvalue weighted by Crippen LogP contribution is 2.18. The molecule has 0 aliphatic carbocycles. The Hall–Kier alpha value is -1.41. The molecule has 0 spiro atoms. The van der Waals surface area contributed by atoms with Crippen molar-refractivity contribution in [3.63, 3.8) is 0 Å². The highest BCUT2D eigenvalue weighted by atomic mass is 32.2. The van der Waals surface area contributed by atoms with Crippen molar-refractivity contribution in [3.8, 4) is 0 Å². The Bertz CT molecular complexity index is 542. The molecule has 1 aromatic heterocycles. The SMILES string of the molecule is CCN(CC)C(=O)CCNS(=O)(=O)c1c(C)noc1C. The van der Waals surface area contributed by atoms with E-state index in [4.69, 9.17) is 4.52 Å². The first kappa shape index (κ1) is 16.6. The second kappa shape index (κ2) is 6.85. The highest BCUT2D eigenvalue weighted by Gasteiger charge is 2.24. The molecule has 20 heavy (non-hydrogen) atoms. The van der Waals surface area contributed by atoms with Crippen LogP contribution in [0.4, 0.5) is 0 Å². The maximum atomic E-state index is 12.1. The minimum Gasteiger partial charge on any atom is -0.360 e. The molecule has 1 amide bonds. The van der Waals surface area contributed by atoms with Gasteiger partial charge in [0.2, 0.25) is 15.9 Å². The van der Waals surface area contributed by atoms with Crippen molar-refractivity contribution in [2.75, 3.05) is 19.6 Å². The number of amides is 1. The van der Waals surface area contributed by atoms with Gasteiger partial charge in [-0.15, -0.1) is 0 Å². The minimum absolute atomic E-state index is 0.0489. The van der Waals surface area contributed by atoms with Gasteiger partial charge in [0.25, 0.3) is 0 Å². The number of rotatable bonds is 7. The van der Waals surface area contributed by atoms with Crippen molar-refractivity contribution in [1.82, 2.24) is 14.8 Å². The van der Waals surface area contributed by atoms with E-state index in [-0.39, 0.29) is 29.5 Å². The minimum atomic E-state index is -3.69. The van der Waals surface area contributed by atoms with Crippen LogP contribution in [0.25, 0.3) is 0 Å². The molecule has 0 saturated heterocycles. The van der Waals surface area contributed by atoms with Crippen LogP contribution in [0.2, 0.25) is 0 Å². The first-order chi connectivity index (χ1) is 9.33. The standard InChI is InChI=1S/C12H21N3O4S/c1-5-15(6-2)11(16)7-8-13-20(17,18)12-9(3)14-19-10(12)4/h13H,5-8H2,1-4H3. The zero-order valence-electron chi connectivity index (χ0n) is 12.3. The van der Waals surface area contributed by atoms with Crippen LogP contribution in [-0.4, -0.2) is 44.0 Å². The molecule has 1 heterocycles. The fourth-order valence-electron chi connectivity index (χ4n) is 1.96. The summed E-state index contributed by atoms with van der Waals surface area (Å²) < 4.78 is 31.4. The number of nitrogens with one attached hydrogen (secondary N) is 1. The number of carbonyl (C=O) groups excluding carboxylic acids is 1. The van der Waals surface area contributed by atoms with Gasteiger partial charge in [0.05, 0.1) is 0 Å². The Labute approximate surface area is 119 Å². The first-order valence-electron chi connectivity index (χ1n) is 6.53. The second-order valence-electron chi connectivity index (χ2n) is 4.37. The van der Waals surface area contributed by atoms with Gasteiger partial charge < -0.3 is 9.42 Å². The summed E-state index contributed by atoms with van der Waals surface area (Å²) in [5.41, 5.74) is 0.310. The molecule has 1 rings (SSSR count). The van der Waals surface area contributed by atoms with Gasteiger partial charge in [0, 0.05) is 26.1 Å². The van der Waals surface area contributed by atoms with Crippen LogP contribution in [0.3, 0.4) is 0 Å². The third-order valence-corrected chi connectivity index (χ3v) is 4.69. The largest absolute Gasteiger partial charge is 0.360 e. The summed E-state index contributed by atoms with van der Waals surface area (Å²) in [6.07, 6.45) is 0.129. The van der Waals surface area contributed by atoms with E-state index in [0.29, 0.717) is 18.8 Å². The number of hydrogen-bond donors (Lipinski definition) is 1. The van der Waals surface area contributed by atoms with Crippen molar-refractivity contribution in [2.24, 2.45) is 0 Å². The average molecular weight is 303 g/mol. The van der Waals surface area contributed by atoms with E-state index >= 15 is 0 Å². The molecule has 1 aromatic rings. The van der Waals surface area contributed by atoms with E-state index in [1.165, 1.54) is 6.92 Å². The van der Waals surface area contributed by atoms with Gasteiger partial charge in [-0.1, -0.05) is 5.16 Å². The molecule has 0 fully saturated rings. The molecule has 8 heteroatoms. The Morgan fingerprint density at radius 2 is 1.90 bits per heavy atom. The number of nitrogens with zero attached hydrogens (tertiary/aromatic N) is 2. The van der Waals surface area contributed by atoms with Crippen LogP contribution in [0, 0.1) is 13.8 Å². The molecule has 0 aliphatic heterocycles. The molecule has 7 nitrogen and oxygen atoms in total. The molecule has 1 N–H and O–H groups in total. The van der Waals surface area contributed by atoms with Crippen LogP contribution >= 0.6 is 0 Å². The topological polar surface area (TPSA) is 92.5 Å². The number of aromatic nitrogens is 1. The molecule has 0 atom stereocenters. The first-order valence-corrected chi connectivity index (χ1v) is 8.02. The van der Waals surface area contributed by atoms with E-state index in [1.807, 2.05) is 13.8 Å². The van der Waals surface area contributed by atoms with Gasteiger partial charge in [-0.05, 0) is 27.7 Å². The summed E-state index contributed by atoms with van der Waals surface area (Å²) in [5.74, 6) is 0.168. The molecule has 114 valence electrons. The molecule has 0 aliphatic rings. The van der Waals surface area contributed by atoms with Gasteiger partial charge in [0.1, 0.15) is 10.6 Å². The summed E-state index contributed by atoms with van der Waals surface area (Å²) in [7, 11) is -3.69. The predicted octanol–water partition coefficient (Wildman–Crippen LogP) is 0.828. The van der Waals surface area contributed by atoms with E-state index in [0.717, 1.165) is 0 Å². The molecule has 0 radical (unpaired) electrons. The summed E-state index contributed by atoms with van der Waals surface area (Å²) in [6, 6.07) is 0. The van der Waals surface area contributed by atoms with Crippen LogP contribution in [0.15, 0.2) is 9.42 Å². The van der Waals surface area contributed by atoms with Gasteiger partial charge >= 0.3 is 0 Å². The number of sulfonamides is 1. The molecule has 0 saturated carbocycles. The fourth-order valence-corrected chi connectivity index (χ4v) is 3.31. The molecule has 0 aromatic carbocycles. The summed E-state index contributed by atoms with van der Waals surface area (Å²) in [6.45, 7) is 8.16. The molecular formula is C12H21N3O4S. The average Bonchev–Trinajstić information content (AvgIpc) is 2.70. The third-order valence-electron chi connectivity index (χ3n) is 2.98. The lowest BCUT2D eigenvalue weighted by Gasteiger charge is -2.18. The predicted molar refractivity (Wildman–Crippen MR) is 73.7 cm³/mol. The van der Waals surface area contributed by atoms with E-state index in [2.05, 4.69) is 9.88 Å². The van der Waals surface area contributed by atoms with Gasteiger partial charge in [-0.2, -0.15) is 0 Å². The van der Waals surface area contributed by atoms with Crippen LogP contribution < -0.4 is 4.72 Å². The molecule has 0 unspecified atom stereocenters. The fraction of sp³-hybridized carbons (Fsp3) is 0.667. The van der Waals surface area contributed by atoms with Crippen LogP contribution in [0.1, 0.15) is 31.7 Å². The van der Waals surface area contributed by atoms with Crippen molar-refractivity contribution < 1.29 is 17.7 Å². The van der Waals surface area contributed by atoms with Crippen molar-refractivity contribution in [3.05, 3.63) is 11.5 Å². The van der Waals surface area contributed by atoms with Crippen molar-refractivity contribution in [1.29, 1.82) is 0 Å². The number of carbonyl (C=O) groups is 1. The summed E-state index contributed by atoms with van der Waals surface area (Å²) in [5, 5.41) is 3.61. The Morgan fingerprint density at radius 3 is 2.35 bits per heavy atom. The van der Waals surface area contributed by atoms with Gasteiger partial charge in [-0.25, -0.2) is 13.1 Å². The lowest BCUT2D eigenvalue weighted by molar-refractivity contribution is -0.130. The Kier molecular flexibility index (Phi) is 5.70. The van der Waals surface area contributed by atoms with Gasteiger partial charge in [-0.3, -0.25) is 4.79 Å². The maximum Gasteiger partial charge on any atom is 0.245 e. The Balaban J connectivity index is 2.64. The van der Waals surface area contributed by atoms with Crippen molar-refractivity contribution >= 4 is 15.9 Å². The Morgan fingerprint density at radius 1 is 1.30 bits per heavy atom. The summed E-state index contributed by atoms with van der Waals surface area (Å²) in [4.78, 5) is 13.5. The normalized spacial score (nSPS) is 11.6. The van der Waals surface area contributed by atoms with Crippen LogP contribution in [0.5, 0.6) is 0 Å². The maximum absolute atomic E-state index is 12.1. The van der Waals surface area contributed by atoms with Crippen LogP contribution in [-0.2, 0) is 14.8 Å². The van der Waals surface area contributed by atoms with E-state index in [1.54, 1.807) is 11.8 Å². The number of aryl methyl sites for hydroxylation is 2. The monoisotopic (exact) mass is 303 g/mol. The third kappa shape index (κ3) is 3.80. The molecule has 0 bridgehead atoms. The lowest BCUT2D eigenvalue weighted by atomic mass is 10.3. The number of hydrogen-bond acceptors (Lipinski definition) is 5. The smallest absolute Gasteiger partial charge is 0.245 e. The zero-order valence-corrected chi connectivity index (χ0v) is 13.1. The second-order valence-corrected chi connectivity index (χ2v) is 6.07.